The van der Waals surface area contributed by atoms with Crippen molar-refractivity contribution in [3.8, 4) is 0 Å². The molecule has 0 radical (unpaired) electrons. The predicted molar refractivity (Wildman–Crippen MR) is 85.3 cm³/mol. The summed E-state index contributed by atoms with van der Waals surface area (Å²) in [6, 6.07) is 7.31. The number of hydrogen-bond donors (Lipinski definition) is 1. The van der Waals surface area contributed by atoms with Crippen molar-refractivity contribution in [3.05, 3.63) is 30.0 Å². The van der Waals surface area contributed by atoms with Crippen molar-refractivity contribution in [1.82, 2.24) is 15.1 Å². The van der Waals surface area contributed by atoms with Crippen molar-refractivity contribution in [2.75, 3.05) is 13.7 Å². The number of fused-ring (bicyclic) bond motifs is 1. The van der Waals surface area contributed by atoms with Crippen LogP contribution in [0.2, 0.25) is 0 Å². The fourth-order valence-corrected chi connectivity index (χ4v) is 2.13. The molecule has 124 valence electrons. The Bertz CT molecular complexity index is 716. The van der Waals surface area contributed by atoms with E-state index in [4.69, 9.17) is 9.47 Å². The van der Waals surface area contributed by atoms with E-state index in [-0.39, 0.29) is 6.54 Å². The van der Waals surface area contributed by atoms with Gasteiger partial charge < -0.3 is 14.8 Å². The zero-order valence-electron chi connectivity index (χ0n) is 13.8. The highest BCUT2D eigenvalue weighted by molar-refractivity contribution is 6.02. The molecule has 0 aliphatic rings. The second-order valence-corrected chi connectivity index (χ2v) is 6.01. The van der Waals surface area contributed by atoms with Gasteiger partial charge in [0.05, 0.1) is 19.2 Å². The molecule has 1 aromatic heterocycles. The van der Waals surface area contributed by atoms with Crippen molar-refractivity contribution < 1.29 is 19.1 Å². The van der Waals surface area contributed by atoms with E-state index in [0.717, 1.165) is 5.39 Å². The number of ether oxygens (including phenoxy) is 2. The Morgan fingerprint density at radius 3 is 2.61 bits per heavy atom. The van der Waals surface area contributed by atoms with Crippen molar-refractivity contribution in [2.45, 2.75) is 32.9 Å². The fourth-order valence-electron chi connectivity index (χ4n) is 2.13. The quantitative estimate of drug-likeness (QED) is 0.875. The van der Waals surface area contributed by atoms with Gasteiger partial charge in [0, 0.05) is 11.9 Å². The number of hydrogen-bond acceptors (Lipinski definition) is 5. The van der Waals surface area contributed by atoms with Crippen LogP contribution in [0.15, 0.2) is 24.3 Å². The van der Waals surface area contributed by atoms with Crippen LogP contribution in [-0.4, -0.2) is 41.1 Å². The number of carbonyl (C=O) groups excluding carboxylic acids is 2. The first-order valence-electron chi connectivity index (χ1n) is 7.32. The van der Waals surface area contributed by atoms with Gasteiger partial charge in [0.25, 0.3) is 0 Å². The topological polar surface area (TPSA) is 82.5 Å². The van der Waals surface area contributed by atoms with Gasteiger partial charge in [0.2, 0.25) is 0 Å². The number of esters is 1. The number of nitrogens with zero attached hydrogens (tertiary/aromatic N) is 2. The number of nitrogens with one attached hydrogen (secondary N) is 1. The number of carbonyl (C=O) groups is 2. The fraction of sp³-hybridized carbons (Fsp3) is 0.438. The largest absolute Gasteiger partial charge is 0.464 e. The Morgan fingerprint density at radius 2 is 1.96 bits per heavy atom. The van der Waals surface area contributed by atoms with E-state index < -0.39 is 17.7 Å². The van der Waals surface area contributed by atoms with Crippen LogP contribution in [0, 0.1) is 0 Å². The molecule has 23 heavy (non-hydrogen) atoms. The molecule has 0 atom stereocenters. The molecule has 1 N–H and O–H groups in total. The lowest BCUT2D eigenvalue weighted by Crippen LogP contribution is -2.34. The number of methoxy groups -OCH3 is 1. The summed E-state index contributed by atoms with van der Waals surface area (Å²) in [5.41, 5.74) is 0.515. The summed E-state index contributed by atoms with van der Waals surface area (Å²) >= 11 is 0. The van der Waals surface area contributed by atoms with Crippen LogP contribution in [0.3, 0.4) is 0 Å². The average molecular weight is 319 g/mol. The summed E-state index contributed by atoms with van der Waals surface area (Å²) in [5, 5.41) is 7.74. The van der Waals surface area contributed by atoms with Crippen molar-refractivity contribution in [1.29, 1.82) is 0 Å². The van der Waals surface area contributed by atoms with E-state index in [1.54, 1.807) is 20.8 Å². The highest BCUT2D eigenvalue weighted by Crippen LogP contribution is 2.18. The number of benzene rings is 1. The molecule has 0 saturated heterocycles. The lowest BCUT2D eigenvalue weighted by Gasteiger charge is -2.19. The highest BCUT2D eigenvalue weighted by atomic mass is 16.6. The maximum absolute atomic E-state index is 12.0. The van der Waals surface area contributed by atoms with Crippen LogP contribution < -0.4 is 5.32 Å². The number of amides is 1. The molecule has 2 rings (SSSR count). The molecule has 0 spiro atoms. The molecule has 0 bridgehead atoms. The summed E-state index contributed by atoms with van der Waals surface area (Å²) in [6.07, 6.45) is -0.506. The summed E-state index contributed by atoms with van der Waals surface area (Å²) in [6.45, 7) is 6.00. The minimum absolute atomic E-state index is 0.285. The molecule has 1 aromatic carbocycles. The van der Waals surface area contributed by atoms with Crippen molar-refractivity contribution in [2.24, 2.45) is 0 Å². The standard InChI is InChI=1S/C16H21N3O4/c1-16(2,3)23-15(21)17-9-10-19-13(14(20)22-4)11-7-5-6-8-12(11)18-19/h5-8H,9-10H2,1-4H3,(H,17,21). The molecule has 0 aliphatic heterocycles. The maximum atomic E-state index is 12.0. The lowest BCUT2D eigenvalue weighted by molar-refractivity contribution is 0.0525. The first-order valence-corrected chi connectivity index (χ1v) is 7.32. The molecule has 0 fully saturated rings. The molecule has 7 nitrogen and oxygen atoms in total. The van der Waals surface area contributed by atoms with E-state index in [9.17, 15) is 9.59 Å². The van der Waals surface area contributed by atoms with Gasteiger partial charge in [0.1, 0.15) is 5.60 Å². The number of alkyl carbamates (subject to hydrolysis) is 1. The Balaban J connectivity index is 2.11. The molecule has 1 heterocycles. The van der Waals surface area contributed by atoms with E-state index in [1.807, 2.05) is 24.3 Å². The van der Waals surface area contributed by atoms with E-state index in [0.29, 0.717) is 17.8 Å². The minimum Gasteiger partial charge on any atom is -0.464 e. The third-order valence-electron chi connectivity index (χ3n) is 3.02. The summed E-state index contributed by atoms with van der Waals surface area (Å²) in [7, 11) is 1.33. The zero-order chi connectivity index (χ0) is 17.0. The van der Waals surface area contributed by atoms with Gasteiger partial charge in [-0.25, -0.2) is 9.59 Å². The molecule has 2 aromatic rings. The minimum atomic E-state index is -0.554. The highest BCUT2D eigenvalue weighted by Gasteiger charge is 2.19. The van der Waals surface area contributed by atoms with Gasteiger partial charge in [-0.2, -0.15) is 5.10 Å². The van der Waals surface area contributed by atoms with Crippen LogP contribution >= 0.6 is 0 Å². The van der Waals surface area contributed by atoms with Gasteiger partial charge in [-0.15, -0.1) is 0 Å². The zero-order valence-corrected chi connectivity index (χ0v) is 13.8. The summed E-state index contributed by atoms with van der Waals surface area (Å²) in [4.78, 5) is 23.6. The lowest BCUT2D eigenvalue weighted by atomic mass is 10.2. The van der Waals surface area contributed by atoms with Gasteiger partial charge in [0.15, 0.2) is 5.69 Å². The Hall–Kier alpha value is -2.57. The second kappa shape index (κ2) is 6.68. The molecule has 0 saturated carbocycles. The predicted octanol–water partition coefficient (Wildman–Crippen LogP) is 2.35. The van der Waals surface area contributed by atoms with Crippen LogP contribution in [0.5, 0.6) is 0 Å². The third kappa shape index (κ3) is 4.21. The molecule has 0 unspecified atom stereocenters. The molecule has 7 heteroatoms. The number of aromatic nitrogens is 2. The van der Waals surface area contributed by atoms with Gasteiger partial charge in [-0.05, 0) is 26.8 Å². The summed E-state index contributed by atoms with van der Waals surface area (Å²) < 4.78 is 11.5. The molecular formula is C16H21N3O4. The van der Waals surface area contributed by atoms with Crippen LogP contribution in [0.25, 0.3) is 10.9 Å². The number of rotatable bonds is 4. The molecule has 1 amide bonds. The van der Waals surface area contributed by atoms with Crippen molar-refractivity contribution >= 4 is 23.0 Å². The smallest absolute Gasteiger partial charge is 0.407 e. The molecule has 0 aliphatic carbocycles. The SMILES string of the molecule is COC(=O)c1c2ccccc2nn1CCNC(=O)OC(C)(C)C. The van der Waals surface area contributed by atoms with Gasteiger partial charge >= 0.3 is 12.1 Å². The first-order chi connectivity index (χ1) is 10.8. The van der Waals surface area contributed by atoms with Crippen LogP contribution in [-0.2, 0) is 16.0 Å². The molecular weight excluding hydrogens is 298 g/mol. The average Bonchev–Trinajstić information content (AvgIpc) is 2.82. The normalized spacial score (nSPS) is 11.3. The Kier molecular flexibility index (Phi) is 4.88. The van der Waals surface area contributed by atoms with E-state index >= 15 is 0 Å². The third-order valence-corrected chi connectivity index (χ3v) is 3.02. The monoisotopic (exact) mass is 319 g/mol. The van der Waals surface area contributed by atoms with E-state index in [1.165, 1.54) is 11.8 Å². The summed E-state index contributed by atoms with van der Waals surface area (Å²) in [5.74, 6) is -0.462. The van der Waals surface area contributed by atoms with E-state index in [2.05, 4.69) is 10.4 Å². The van der Waals surface area contributed by atoms with Gasteiger partial charge in [-0.3, -0.25) is 4.68 Å². The Labute approximate surface area is 134 Å². The first kappa shape index (κ1) is 16.8. The van der Waals surface area contributed by atoms with Crippen molar-refractivity contribution in [3.63, 3.8) is 0 Å². The van der Waals surface area contributed by atoms with Crippen LogP contribution in [0.1, 0.15) is 31.3 Å². The Morgan fingerprint density at radius 1 is 1.26 bits per heavy atom. The van der Waals surface area contributed by atoms with Crippen LogP contribution in [0.4, 0.5) is 4.79 Å². The second-order valence-electron chi connectivity index (χ2n) is 6.01. The maximum Gasteiger partial charge on any atom is 0.407 e. The van der Waals surface area contributed by atoms with Gasteiger partial charge in [-0.1, -0.05) is 18.2 Å².